The topological polar surface area (TPSA) is 68.8 Å². The van der Waals surface area contributed by atoms with E-state index in [1.807, 2.05) is 61.5 Å². The third kappa shape index (κ3) is 6.64. The summed E-state index contributed by atoms with van der Waals surface area (Å²) < 4.78 is 16.3. The van der Waals surface area contributed by atoms with Gasteiger partial charge in [0.05, 0.1) is 19.2 Å². The second kappa shape index (κ2) is 11.4. The van der Waals surface area contributed by atoms with Gasteiger partial charge in [0.1, 0.15) is 5.75 Å². The molecule has 32 heavy (non-hydrogen) atoms. The molecule has 0 fully saturated rings. The largest absolute Gasteiger partial charge is 0.497 e. The molecule has 0 radical (unpaired) electrons. The minimum absolute atomic E-state index is 0.182. The van der Waals surface area contributed by atoms with Gasteiger partial charge in [-0.25, -0.2) is 0 Å². The average Bonchev–Trinajstić information content (AvgIpc) is 2.80. The lowest BCUT2D eigenvalue weighted by atomic mass is 10.1. The van der Waals surface area contributed by atoms with E-state index in [0.29, 0.717) is 35.3 Å². The molecular formula is C25H27ClN2O4. The van der Waals surface area contributed by atoms with Crippen molar-refractivity contribution in [2.24, 2.45) is 0 Å². The van der Waals surface area contributed by atoms with E-state index in [-0.39, 0.29) is 12.5 Å². The lowest BCUT2D eigenvalue weighted by Gasteiger charge is -2.15. The minimum atomic E-state index is -0.280. The zero-order valence-electron chi connectivity index (χ0n) is 18.4. The molecule has 0 saturated heterocycles. The van der Waals surface area contributed by atoms with Crippen molar-refractivity contribution >= 4 is 23.2 Å². The number of halogens is 1. The van der Waals surface area contributed by atoms with E-state index in [9.17, 15) is 4.79 Å². The van der Waals surface area contributed by atoms with Crippen LogP contribution < -0.4 is 24.8 Å². The zero-order chi connectivity index (χ0) is 22.9. The van der Waals surface area contributed by atoms with Crippen LogP contribution in [0.1, 0.15) is 16.7 Å². The Morgan fingerprint density at radius 3 is 2.25 bits per heavy atom. The van der Waals surface area contributed by atoms with Crippen LogP contribution in [0.3, 0.4) is 0 Å². The molecule has 0 aliphatic heterocycles. The number of carbonyl (C=O) groups excluding carboxylic acids is 1. The Morgan fingerprint density at radius 1 is 0.906 bits per heavy atom. The number of hydrogen-bond acceptors (Lipinski definition) is 5. The van der Waals surface area contributed by atoms with Crippen LogP contribution in [0.15, 0.2) is 60.7 Å². The molecule has 0 unspecified atom stereocenters. The lowest BCUT2D eigenvalue weighted by Crippen LogP contribution is -2.20. The standard InChI is InChI=1S/C25H27ClN2O4/c1-17-4-8-20(9-5-17)28-24(29)16-32-25-22(26)12-19(13-23(25)31-3)15-27-14-18-6-10-21(30-2)11-7-18/h4-13,27H,14-16H2,1-3H3,(H,28,29). The predicted octanol–water partition coefficient (Wildman–Crippen LogP) is 4.97. The lowest BCUT2D eigenvalue weighted by molar-refractivity contribution is -0.118. The van der Waals surface area contributed by atoms with Crippen molar-refractivity contribution in [2.45, 2.75) is 20.0 Å². The fourth-order valence-corrected chi connectivity index (χ4v) is 3.37. The number of nitrogens with one attached hydrogen (secondary N) is 2. The number of ether oxygens (including phenoxy) is 3. The first-order valence-electron chi connectivity index (χ1n) is 10.2. The minimum Gasteiger partial charge on any atom is -0.497 e. The molecule has 6 nitrogen and oxygen atoms in total. The number of anilines is 1. The monoisotopic (exact) mass is 454 g/mol. The van der Waals surface area contributed by atoms with Crippen molar-refractivity contribution in [3.8, 4) is 17.2 Å². The van der Waals surface area contributed by atoms with Crippen molar-refractivity contribution in [2.75, 3.05) is 26.1 Å². The number of hydrogen-bond donors (Lipinski definition) is 2. The summed E-state index contributed by atoms with van der Waals surface area (Å²) in [5.41, 5.74) is 3.91. The number of methoxy groups -OCH3 is 2. The zero-order valence-corrected chi connectivity index (χ0v) is 19.2. The van der Waals surface area contributed by atoms with Gasteiger partial charge in [-0.3, -0.25) is 4.79 Å². The molecule has 1 amide bonds. The number of benzene rings is 3. The van der Waals surface area contributed by atoms with Crippen molar-refractivity contribution in [1.82, 2.24) is 5.32 Å². The van der Waals surface area contributed by atoms with Gasteiger partial charge in [-0.05, 0) is 54.4 Å². The first-order valence-corrected chi connectivity index (χ1v) is 10.6. The van der Waals surface area contributed by atoms with Crippen LogP contribution in [0.25, 0.3) is 0 Å². The van der Waals surface area contributed by atoms with Gasteiger partial charge in [0.25, 0.3) is 5.91 Å². The molecule has 2 N–H and O–H groups in total. The van der Waals surface area contributed by atoms with Crippen molar-refractivity contribution in [3.63, 3.8) is 0 Å². The number of rotatable bonds is 10. The van der Waals surface area contributed by atoms with E-state index >= 15 is 0 Å². The molecule has 7 heteroatoms. The van der Waals surface area contributed by atoms with Crippen LogP contribution in [-0.4, -0.2) is 26.7 Å². The van der Waals surface area contributed by atoms with Gasteiger partial charge in [0, 0.05) is 18.8 Å². The Kier molecular flexibility index (Phi) is 8.36. The van der Waals surface area contributed by atoms with Crippen LogP contribution in [-0.2, 0) is 17.9 Å². The van der Waals surface area contributed by atoms with Crippen molar-refractivity contribution in [1.29, 1.82) is 0 Å². The molecule has 0 aliphatic carbocycles. The van der Waals surface area contributed by atoms with Crippen LogP contribution in [0, 0.1) is 6.92 Å². The highest BCUT2D eigenvalue weighted by molar-refractivity contribution is 6.32. The molecule has 3 aromatic rings. The Labute approximate surface area is 193 Å². The Morgan fingerprint density at radius 2 is 1.59 bits per heavy atom. The summed E-state index contributed by atoms with van der Waals surface area (Å²) in [7, 11) is 3.19. The summed E-state index contributed by atoms with van der Waals surface area (Å²) >= 11 is 6.43. The molecule has 0 heterocycles. The third-order valence-corrected chi connectivity index (χ3v) is 5.07. The predicted molar refractivity (Wildman–Crippen MR) is 127 cm³/mol. The quantitative estimate of drug-likeness (QED) is 0.452. The van der Waals surface area contributed by atoms with E-state index in [2.05, 4.69) is 10.6 Å². The number of carbonyl (C=O) groups is 1. The highest BCUT2D eigenvalue weighted by Gasteiger charge is 2.14. The van der Waals surface area contributed by atoms with Crippen LogP contribution in [0.5, 0.6) is 17.2 Å². The van der Waals surface area contributed by atoms with Crippen molar-refractivity contribution < 1.29 is 19.0 Å². The van der Waals surface area contributed by atoms with Crippen LogP contribution in [0.4, 0.5) is 5.69 Å². The second-order valence-corrected chi connectivity index (χ2v) is 7.67. The van der Waals surface area contributed by atoms with Gasteiger partial charge in [0.15, 0.2) is 18.1 Å². The summed E-state index contributed by atoms with van der Waals surface area (Å²) in [5.74, 6) is 1.36. The maximum absolute atomic E-state index is 12.2. The Balaban J connectivity index is 1.56. The molecule has 0 saturated carbocycles. The normalized spacial score (nSPS) is 10.5. The molecule has 0 spiro atoms. The fraction of sp³-hybridized carbons (Fsp3) is 0.240. The second-order valence-electron chi connectivity index (χ2n) is 7.26. The summed E-state index contributed by atoms with van der Waals surface area (Å²) in [6.07, 6.45) is 0. The highest BCUT2D eigenvalue weighted by atomic mass is 35.5. The number of aryl methyl sites for hydroxylation is 1. The summed E-state index contributed by atoms with van der Waals surface area (Å²) in [6.45, 7) is 3.10. The molecule has 168 valence electrons. The average molecular weight is 455 g/mol. The van der Waals surface area contributed by atoms with Gasteiger partial charge in [-0.1, -0.05) is 41.4 Å². The molecule has 0 aliphatic rings. The first kappa shape index (κ1) is 23.4. The molecule has 3 rings (SSSR count). The van der Waals surface area contributed by atoms with Gasteiger partial charge >= 0.3 is 0 Å². The summed E-state index contributed by atoms with van der Waals surface area (Å²) in [4.78, 5) is 12.2. The first-order chi connectivity index (χ1) is 15.5. The molecule has 0 atom stereocenters. The molecule has 0 aromatic heterocycles. The smallest absolute Gasteiger partial charge is 0.262 e. The van der Waals surface area contributed by atoms with Crippen LogP contribution in [0.2, 0.25) is 5.02 Å². The highest BCUT2D eigenvalue weighted by Crippen LogP contribution is 2.36. The molecule has 0 bridgehead atoms. The van der Waals surface area contributed by atoms with Crippen molar-refractivity contribution in [3.05, 3.63) is 82.4 Å². The third-order valence-electron chi connectivity index (χ3n) is 4.79. The summed E-state index contributed by atoms with van der Waals surface area (Å²) in [6, 6.07) is 19.1. The maximum atomic E-state index is 12.2. The van der Waals surface area contributed by atoms with Gasteiger partial charge in [-0.2, -0.15) is 0 Å². The summed E-state index contributed by atoms with van der Waals surface area (Å²) in [5, 5.41) is 6.55. The fourth-order valence-electron chi connectivity index (χ4n) is 3.08. The SMILES string of the molecule is COc1ccc(CNCc2cc(Cl)c(OCC(=O)Nc3ccc(C)cc3)c(OC)c2)cc1. The van der Waals surface area contributed by atoms with Gasteiger partial charge < -0.3 is 24.8 Å². The Hall–Kier alpha value is -3.22. The van der Waals surface area contributed by atoms with E-state index in [4.69, 9.17) is 25.8 Å². The van der Waals surface area contributed by atoms with E-state index in [0.717, 1.165) is 22.4 Å². The van der Waals surface area contributed by atoms with Crippen LogP contribution >= 0.6 is 11.6 Å². The van der Waals surface area contributed by atoms with Gasteiger partial charge in [0.2, 0.25) is 0 Å². The molecular weight excluding hydrogens is 428 g/mol. The van der Waals surface area contributed by atoms with Gasteiger partial charge in [-0.15, -0.1) is 0 Å². The maximum Gasteiger partial charge on any atom is 0.262 e. The van der Waals surface area contributed by atoms with E-state index in [1.165, 1.54) is 0 Å². The molecule has 3 aromatic carbocycles. The van der Waals surface area contributed by atoms with E-state index < -0.39 is 0 Å². The Bertz CT molecular complexity index is 1040. The number of amides is 1. The van der Waals surface area contributed by atoms with E-state index in [1.54, 1.807) is 20.3 Å².